The first-order chi connectivity index (χ1) is 14.3. The van der Waals surface area contributed by atoms with Crippen molar-refractivity contribution < 1.29 is 0 Å². The Morgan fingerprint density at radius 2 is 2.00 bits per heavy atom. The molecule has 29 heavy (non-hydrogen) atoms. The van der Waals surface area contributed by atoms with Gasteiger partial charge in [0.25, 0.3) is 0 Å². The first kappa shape index (κ1) is 18.2. The Morgan fingerprint density at radius 1 is 1.10 bits per heavy atom. The lowest BCUT2D eigenvalue weighted by Crippen LogP contribution is -2.36. The predicted octanol–water partition coefficient (Wildman–Crippen LogP) is 4.39. The molecule has 1 aliphatic rings. The van der Waals surface area contributed by atoms with Gasteiger partial charge in [0.2, 0.25) is 0 Å². The molecule has 0 saturated carbocycles. The molecular weight excluding hydrogens is 382 g/mol. The highest BCUT2D eigenvalue weighted by Crippen LogP contribution is 2.28. The van der Waals surface area contributed by atoms with Crippen molar-refractivity contribution in [1.82, 2.24) is 29.6 Å². The van der Waals surface area contributed by atoms with Crippen molar-refractivity contribution in [2.45, 2.75) is 38.8 Å². The molecule has 3 aromatic heterocycles. The number of thiazole rings is 1. The number of anilines is 2. The molecule has 0 spiro atoms. The Bertz CT molecular complexity index is 1100. The maximum Gasteiger partial charge on any atom is 0.188 e. The highest BCUT2D eigenvalue weighted by atomic mass is 32.1. The monoisotopic (exact) mass is 405 g/mol. The van der Waals surface area contributed by atoms with Crippen molar-refractivity contribution >= 4 is 33.3 Å². The molecule has 7 nitrogen and oxygen atoms in total. The zero-order chi connectivity index (χ0) is 19.6. The number of para-hydroxylation sites is 1. The van der Waals surface area contributed by atoms with E-state index in [1.807, 2.05) is 41.2 Å². The number of nitrogens with zero attached hydrogens (tertiary/aromatic N) is 6. The summed E-state index contributed by atoms with van der Waals surface area (Å²) in [6.45, 7) is 4.46. The van der Waals surface area contributed by atoms with Gasteiger partial charge in [-0.05, 0) is 38.4 Å². The number of fused-ring (bicyclic) bond motifs is 1. The van der Waals surface area contributed by atoms with E-state index in [9.17, 15) is 0 Å². The van der Waals surface area contributed by atoms with Gasteiger partial charge in [0.15, 0.2) is 10.8 Å². The van der Waals surface area contributed by atoms with Crippen LogP contribution in [0.5, 0.6) is 0 Å². The molecule has 1 saturated heterocycles. The molecule has 4 heterocycles. The van der Waals surface area contributed by atoms with E-state index in [1.165, 1.54) is 30.7 Å². The molecule has 1 N–H and O–H groups in total. The van der Waals surface area contributed by atoms with Gasteiger partial charge in [-0.25, -0.2) is 19.6 Å². The molecule has 0 radical (unpaired) electrons. The lowest BCUT2D eigenvalue weighted by Gasteiger charge is -2.32. The standard InChI is InChI=1S/C21H23N7S/c1-15-7-5-6-10-27(15)13-17-11-22-21(29-17)26-19-18-12-25-28(20(18)24-14-23-19)16-8-3-2-4-9-16/h2-4,8-9,11-12,14-15H,5-7,10,13H2,1H3,(H,22,23,24,26). The molecule has 4 aromatic rings. The van der Waals surface area contributed by atoms with E-state index >= 15 is 0 Å². The topological polar surface area (TPSA) is 71.8 Å². The second-order valence-corrected chi connectivity index (χ2v) is 8.54. The van der Waals surface area contributed by atoms with Gasteiger partial charge in [-0.3, -0.25) is 4.90 Å². The number of nitrogens with one attached hydrogen (secondary N) is 1. The molecule has 5 rings (SSSR count). The van der Waals surface area contributed by atoms with E-state index in [-0.39, 0.29) is 0 Å². The third-order valence-corrected chi connectivity index (χ3v) is 6.34. The maximum absolute atomic E-state index is 4.57. The average Bonchev–Trinajstić information content (AvgIpc) is 3.38. The van der Waals surface area contributed by atoms with E-state index in [0.717, 1.165) is 34.2 Å². The van der Waals surface area contributed by atoms with E-state index in [1.54, 1.807) is 23.9 Å². The Balaban J connectivity index is 1.37. The molecule has 8 heteroatoms. The van der Waals surface area contributed by atoms with E-state index in [4.69, 9.17) is 0 Å². The fourth-order valence-corrected chi connectivity index (χ4v) is 4.67. The normalized spacial score (nSPS) is 17.6. The first-order valence-electron chi connectivity index (χ1n) is 9.98. The minimum absolute atomic E-state index is 0.646. The van der Waals surface area contributed by atoms with Crippen LogP contribution in [0, 0.1) is 0 Å². The average molecular weight is 406 g/mol. The second-order valence-electron chi connectivity index (χ2n) is 7.42. The van der Waals surface area contributed by atoms with Crippen LogP contribution in [-0.4, -0.2) is 42.2 Å². The quantitative estimate of drug-likeness (QED) is 0.531. The second kappa shape index (κ2) is 7.88. The van der Waals surface area contributed by atoms with Crippen LogP contribution in [0.25, 0.3) is 16.7 Å². The van der Waals surface area contributed by atoms with Crippen LogP contribution in [-0.2, 0) is 6.54 Å². The summed E-state index contributed by atoms with van der Waals surface area (Å²) in [6, 6.07) is 10.6. The molecule has 148 valence electrons. The number of aromatic nitrogens is 5. The molecule has 1 fully saturated rings. The Morgan fingerprint density at radius 3 is 2.86 bits per heavy atom. The summed E-state index contributed by atoms with van der Waals surface area (Å²) < 4.78 is 1.83. The number of piperidine rings is 1. The lowest BCUT2D eigenvalue weighted by atomic mass is 10.0. The molecular formula is C21H23N7S. The van der Waals surface area contributed by atoms with Crippen molar-refractivity contribution in [2.24, 2.45) is 0 Å². The van der Waals surface area contributed by atoms with Gasteiger partial charge in [-0.15, -0.1) is 11.3 Å². The number of hydrogen-bond acceptors (Lipinski definition) is 7. The minimum atomic E-state index is 0.646. The van der Waals surface area contributed by atoms with Crippen LogP contribution >= 0.6 is 11.3 Å². The van der Waals surface area contributed by atoms with Crippen LogP contribution in [0.15, 0.2) is 49.1 Å². The van der Waals surface area contributed by atoms with Gasteiger partial charge < -0.3 is 5.32 Å². The summed E-state index contributed by atoms with van der Waals surface area (Å²) in [4.78, 5) is 17.2. The summed E-state index contributed by atoms with van der Waals surface area (Å²) >= 11 is 1.68. The summed E-state index contributed by atoms with van der Waals surface area (Å²) in [5.41, 5.74) is 1.74. The van der Waals surface area contributed by atoms with Crippen molar-refractivity contribution in [1.29, 1.82) is 0 Å². The summed E-state index contributed by atoms with van der Waals surface area (Å²) in [5.74, 6) is 0.726. The zero-order valence-electron chi connectivity index (χ0n) is 16.3. The van der Waals surface area contributed by atoms with Gasteiger partial charge in [-0.2, -0.15) is 5.10 Å². The molecule has 1 aromatic carbocycles. The maximum atomic E-state index is 4.57. The number of hydrogen-bond donors (Lipinski definition) is 1. The summed E-state index contributed by atoms with van der Waals surface area (Å²) in [5, 5.41) is 9.59. The summed E-state index contributed by atoms with van der Waals surface area (Å²) in [6.07, 6.45) is 9.25. The van der Waals surface area contributed by atoms with Crippen LogP contribution in [0.3, 0.4) is 0 Å². The van der Waals surface area contributed by atoms with E-state index in [0.29, 0.717) is 6.04 Å². The van der Waals surface area contributed by atoms with Crippen molar-refractivity contribution in [3.8, 4) is 5.69 Å². The van der Waals surface area contributed by atoms with Crippen molar-refractivity contribution in [3.05, 3.63) is 53.9 Å². The Hall–Kier alpha value is -2.84. The molecule has 0 amide bonds. The highest BCUT2D eigenvalue weighted by Gasteiger charge is 2.19. The van der Waals surface area contributed by atoms with Gasteiger partial charge >= 0.3 is 0 Å². The van der Waals surface area contributed by atoms with Gasteiger partial charge in [0.05, 0.1) is 17.3 Å². The van der Waals surface area contributed by atoms with Crippen LogP contribution in [0.2, 0.25) is 0 Å². The molecule has 1 atom stereocenters. The SMILES string of the molecule is CC1CCCCN1Cc1cnc(Nc2ncnc3c2cnn3-c2ccccc2)s1. The van der Waals surface area contributed by atoms with Crippen LogP contribution in [0.4, 0.5) is 10.9 Å². The molecule has 0 bridgehead atoms. The third-order valence-electron chi connectivity index (χ3n) is 5.44. The fourth-order valence-electron chi connectivity index (χ4n) is 3.83. The smallest absolute Gasteiger partial charge is 0.188 e. The summed E-state index contributed by atoms with van der Waals surface area (Å²) in [7, 11) is 0. The first-order valence-corrected chi connectivity index (χ1v) is 10.8. The number of rotatable bonds is 5. The Labute approximate surface area is 173 Å². The van der Waals surface area contributed by atoms with Gasteiger partial charge in [0.1, 0.15) is 12.1 Å². The van der Waals surface area contributed by atoms with Gasteiger partial charge in [0, 0.05) is 23.7 Å². The zero-order valence-corrected chi connectivity index (χ0v) is 17.1. The largest absolute Gasteiger partial charge is 0.315 e. The lowest BCUT2D eigenvalue weighted by molar-refractivity contribution is 0.154. The van der Waals surface area contributed by atoms with Crippen LogP contribution in [0.1, 0.15) is 31.1 Å². The van der Waals surface area contributed by atoms with Crippen molar-refractivity contribution in [3.63, 3.8) is 0 Å². The molecule has 1 unspecified atom stereocenters. The highest BCUT2D eigenvalue weighted by molar-refractivity contribution is 7.15. The van der Waals surface area contributed by atoms with E-state index in [2.05, 4.69) is 37.2 Å². The van der Waals surface area contributed by atoms with Crippen LogP contribution < -0.4 is 5.32 Å². The molecule has 0 aliphatic carbocycles. The number of benzene rings is 1. The fraction of sp³-hybridized carbons (Fsp3) is 0.333. The van der Waals surface area contributed by atoms with E-state index < -0.39 is 0 Å². The minimum Gasteiger partial charge on any atom is -0.315 e. The van der Waals surface area contributed by atoms with Crippen molar-refractivity contribution in [2.75, 3.05) is 11.9 Å². The third kappa shape index (κ3) is 3.73. The molecule has 1 aliphatic heterocycles. The van der Waals surface area contributed by atoms with Gasteiger partial charge in [-0.1, -0.05) is 24.6 Å². The predicted molar refractivity (Wildman–Crippen MR) is 116 cm³/mol. The number of likely N-dealkylation sites (tertiary alicyclic amines) is 1. The Kier molecular flexibility index (Phi) is 4.95.